The normalized spacial score (nSPS) is 17.2. The number of hydrogen-bond donors (Lipinski definition) is 5. The smallest absolute Gasteiger partial charge is 0.259 e. The molecule has 0 bridgehead atoms. The molecule has 6 N–H and O–H groups in total. The second-order valence-electron chi connectivity index (χ2n) is 7.30. The summed E-state index contributed by atoms with van der Waals surface area (Å²) < 4.78 is 5.42. The zero-order valence-electron chi connectivity index (χ0n) is 16.9. The van der Waals surface area contributed by atoms with Crippen LogP contribution < -0.4 is 21.5 Å². The van der Waals surface area contributed by atoms with Gasteiger partial charge in [-0.05, 0) is 48.5 Å². The van der Waals surface area contributed by atoms with Crippen LogP contribution in [0.25, 0.3) is 10.9 Å². The van der Waals surface area contributed by atoms with Crippen molar-refractivity contribution in [1.29, 1.82) is 5.41 Å². The number of pyridine rings is 1. The van der Waals surface area contributed by atoms with Gasteiger partial charge in [0.05, 0.1) is 6.61 Å². The first kappa shape index (κ1) is 21.2. The SMILES string of the molecule is N=C(N)c1ccc(NC(=O)[C@H](O)C2OCCN(c3ccc4[nH]c(=O)ccc4c3)C2=O)cc1. The summed E-state index contributed by atoms with van der Waals surface area (Å²) in [5.41, 5.74) is 7.25. The van der Waals surface area contributed by atoms with Crippen LogP contribution in [-0.2, 0) is 14.3 Å². The van der Waals surface area contributed by atoms with E-state index >= 15 is 0 Å². The van der Waals surface area contributed by atoms with E-state index in [4.69, 9.17) is 15.9 Å². The lowest BCUT2D eigenvalue weighted by molar-refractivity contribution is -0.150. The molecule has 0 radical (unpaired) electrons. The van der Waals surface area contributed by atoms with Crippen molar-refractivity contribution < 1.29 is 19.4 Å². The van der Waals surface area contributed by atoms with E-state index in [9.17, 15) is 19.5 Å². The molecule has 1 unspecified atom stereocenters. The van der Waals surface area contributed by atoms with Crippen molar-refractivity contribution >= 4 is 39.9 Å². The van der Waals surface area contributed by atoms with E-state index in [0.717, 1.165) is 5.39 Å². The van der Waals surface area contributed by atoms with Gasteiger partial charge in [0.2, 0.25) is 5.56 Å². The fourth-order valence-electron chi connectivity index (χ4n) is 3.48. The second kappa shape index (κ2) is 8.61. The van der Waals surface area contributed by atoms with Gasteiger partial charge in [-0.3, -0.25) is 19.8 Å². The maximum Gasteiger partial charge on any atom is 0.259 e. The highest BCUT2D eigenvalue weighted by atomic mass is 16.5. The average Bonchev–Trinajstić information content (AvgIpc) is 2.79. The molecule has 1 aromatic heterocycles. The zero-order chi connectivity index (χ0) is 22.8. The van der Waals surface area contributed by atoms with Crippen molar-refractivity contribution in [2.75, 3.05) is 23.4 Å². The lowest BCUT2D eigenvalue weighted by Crippen LogP contribution is -2.55. The molecule has 3 aromatic rings. The number of nitrogens with zero attached hydrogens (tertiary/aromatic N) is 1. The molecule has 2 aromatic carbocycles. The summed E-state index contributed by atoms with van der Waals surface area (Å²) in [6, 6.07) is 14.4. The molecule has 1 aliphatic rings. The summed E-state index contributed by atoms with van der Waals surface area (Å²) in [5.74, 6) is -1.45. The molecule has 1 aliphatic heterocycles. The number of fused-ring (bicyclic) bond motifs is 1. The van der Waals surface area contributed by atoms with Crippen molar-refractivity contribution in [3.8, 4) is 0 Å². The molecule has 4 rings (SSSR count). The highest BCUT2D eigenvalue weighted by Gasteiger charge is 2.39. The Morgan fingerprint density at radius 3 is 2.66 bits per heavy atom. The molecule has 10 heteroatoms. The molecule has 0 spiro atoms. The summed E-state index contributed by atoms with van der Waals surface area (Å²) in [6.45, 7) is 0.392. The van der Waals surface area contributed by atoms with E-state index in [1.807, 2.05) is 0 Å². The molecule has 0 aliphatic carbocycles. The quantitative estimate of drug-likeness (QED) is 0.290. The van der Waals surface area contributed by atoms with Crippen LogP contribution in [0.5, 0.6) is 0 Å². The van der Waals surface area contributed by atoms with Gasteiger partial charge in [0.1, 0.15) is 5.84 Å². The predicted octanol–water partition coefficient (Wildman–Crippen LogP) is 0.544. The molecule has 1 fully saturated rings. The molecular weight excluding hydrogens is 414 g/mol. The number of aromatic amines is 1. The largest absolute Gasteiger partial charge is 0.384 e. The number of aliphatic hydroxyl groups is 1. The van der Waals surface area contributed by atoms with Crippen LogP contribution in [0.1, 0.15) is 5.56 Å². The van der Waals surface area contributed by atoms with E-state index in [1.54, 1.807) is 36.4 Å². The van der Waals surface area contributed by atoms with Crippen LogP contribution >= 0.6 is 0 Å². The Kier molecular flexibility index (Phi) is 5.71. The first-order valence-electron chi connectivity index (χ1n) is 9.83. The van der Waals surface area contributed by atoms with Crippen molar-refractivity contribution in [3.05, 3.63) is 70.5 Å². The summed E-state index contributed by atoms with van der Waals surface area (Å²) in [5, 5.41) is 21.2. The average molecular weight is 435 g/mol. The van der Waals surface area contributed by atoms with Gasteiger partial charge in [0.15, 0.2) is 12.2 Å². The van der Waals surface area contributed by atoms with Crippen LogP contribution in [0.3, 0.4) is 0 Å². The van der Waals surface area contributed by atoms with Gasteiger partial charge < -0.3 is 30.8 Å². The number of aliphatic hydroxyl groups excluding tert-OH is 1. The lowest BCUT2D eigenvalue weighted by atomic mass is 10.1. The number of rotatable bonds is 5. The second-order valence-corrected chi connectivity index (χ2v) is 7.30. The van der Waals surface area contributed by atoms with E-state index < -0.39 is 24.0 Å². The number of nitrogens with one attached hydrogen (secondary N) is 3. The monoisotopic (exact) mass is 435 g/mol. The Balaban J connectivity index is 1.49. The minimum absolute atomic E-state index is 0.107. The molecule has 2 heterocycles. The van der Waals surface area contributed by atoms with Crippen LogP contribution in [0.2, 0.25) is 0 Å². The van der Waals surface area contributed by atoms with Gasteiger partial charge in [-0.1, -0.05) is 0 Å². The predicted molar refractivity (Wildman–Crippen MR) is 119 cm³/mol. The molecule has 1 saturated heterocycles. The fraction of sp³-hybridized carbons (Fsp3) is 0.182. The van der Waals surface area contributed by atoms with Crippen LogP contribution in [0, 0.1) is 5.41 Å². The molecule has 32 heavy (non-hydrogen) atoms. The van der Waals surface area contributed by atoms with Crippen molar-refractivity contribution in [2.45, 2.75) is 12.2 Å². The lowest BCUT2D eigenvalue weighted by Gasteiger charge is -2.34. The number of anilines is 2. The Labute approximate surface area is 182 Å². The number of morpholine rings is 1. The zero-order valence-corrected chi connectivity index (χ0v) is 16.9. The highest BCUT2D eigenvalue weighted by Crippen LogP contribution is 2.24. The molecule has 2 atom stereocenters. The van der Waals surface area contributed by atoms with Crippen molar-refractivity contribution in [1.82, 2.24) is 4.98 Å². The number of benzene rings is 2. The van der Waals surface area contributed by atoms with Crippen LogP contribution in [0.4, 0.5) is 11.4 Å². The number of carbonyl (C=O) groups is 2. The summed E-state index contributed by atoms with van der Waals surface area (Å²) >= 11 is 0. The Bertz CT molecular complexity index is 1250. The fourth-order valence-corrected chi connectivity index (χ4v) is 3.48. The van der Waals surface area contributed by atoms with E-state index in [0.29, 0.717) is 22.5 Å². The molecule has 0 saturated carbocycles. The number of ether oxygens (including phenoxy) is 1. The number of hydrogen-bond acceptors (Lipinski definition) is 6. The van der Waals surface area contributed by atoms with Gasteiger partial charge in [-0.15, -0.1) is 0 Å². The Hall–Kier alpha value is -4.02. The third-order valence-electron chi connectivity index (χ3n) is 5.16. The number of nitrogen functional groups attached to an aromatic ring is 1. The minimum atomic E-state index is -1.73. The van der Waals surface area contributed by atoms with Gasteiger partial charge in [0, 0.05) is 40.5 Å². The van der Waals surface area contributed by atoms with E-state index in [1.165, 1.54) is 23.1 Å². The third-order valence-corrected chi connectivity index (χ3v) is 5.16. The van der Waals surface area contributed by atoms with Gasteiger partial charge in [-0.2, -0.15) is 0 Å². The van der Waals surface area contributed by atoms with E-state index in [-0.39, 0.29) is 24.5 Å². The summed E-state index contributed by atoms with van der Waals surface area (Å²) in [7, 11) is 0. The summed E-state index contributed by atoms with van der Waals surface area (Å²) in [6.07, 6.45) is -3.10. The molecule has 10 nitrogen and oxygen atoms in total. The number of aromatic nitrogens is 1. The topological polar surface area (TPSA) is 162 Å². The highest BCUT2D eigenvalue weighted by molar-refractivity contribution is 6.04. The van der Waals surface area contributed by atoms with Crippen molar-refractivity contribution in [3.63, 3.8) is 0 Å². The Morgan fingerprint density at radius 2 is 1.94 bits per heavy atom. The van der Waals surface area contributed by atoms with Crippen LogP contribution in [0.15, 0.2) is 59.4 Å². The Morgan fingerprint density at radius 1 is 1.19 bits per heavy atom. The number of amidine groups is 1. The van der Waals surface area contributed by atoms with Gasteiger partial charge in [-0.25, -0.2) is 0 Å². The maximum atomic E-state index is 13.0. The molecular formula is C22H21N5O5. The van der Waals surface area contributed by atoms with Crippen molar-refractivity contribution in [2.24, 2.45) is 5.73 Å². The van der Waals surface area contributed by atoms with Gasteiger partial charge in [0.25, 0.3) is 11.8 Å². The first-order chi connectivity index (χ1) is 15.3. The molecule has 164 valence electrons. The van der Waals surface area contributed by atoms with Gasteiger partial charge >= 0.3 is 0 Å². The van der Waals surface area contributed by atoms with Crippen LogP contribution in [-0.4, -0.2) is 53.1 Å². The van der Waals surface area contributed by atoms with E-state index in [2.05, 4.69) is 10.3 Å². The maximum absolute atomic E-state index is 13.0. The standard InChI is InChI=1S/C22H21N5O5/c23-20(24)12-1-4-14(5-2-12)25-21(30)18(29)19-22(31)27(9-10-32-19)15-6-7-16-13(11-15)3-8-17(28)26-16/h1-8,11,18-19,29H,9-10H2,(H3,23,24)(H,25,30)(H,26,28)/t18-,19?/m1/s1. The molecule has 2 amide bonds. The minimum Gasteiger partial charge on any atom is -0.384 e. The number of amides is 2. The third kappa shape index (κ3) is 4.22. The number of nitrogens with two attached hydrogens (primary N) is 1. The summed E-state index contributed by atoms with van der Waals surface area (Å²) in [4.78, 5) is 41.1. The number of H-pyrrole nitrogens is 1. The first-order valence-corrected chi connectivity index (χ1v) is 9.83. The number of carbonyl (C=O) groups excluding carboxylic acids is 2.